The van der Waals surface area contributed by atoms with Gasteiger partial charge in [-0.3, -0.25) is 4.79 Å². The van der Waals surface area contributed by atoms with Gasteiger partial charge in [-0.2, -0.15) is 16.1 Å². The van der Waals surface area contributed by atoms with Gasteiger partial charge in [0.25, 0.3) is 0 Å². The lowest BCUT2D eigenvalue weighted by Crippen LogP contribution is -2.30. The number of hydrogen-bond acceptors (Lipinski definition) is 6. The molecule has 0 N–H and O–H groups in total. The minimum absolute atomic E-state index is 0.0451. The first kappa shape index (κ1) is 13.9. The lowest BCUT2D eigenvalue weighted by atomic mass is 10.3. The Hall–Kier alpha value is -2.06. The van der Waals surface area contributed by atoms with Crippen molar-refractivity contribution >= 4 is 28.6 Å². The highest BCUT2D eigenvalue weighted by atomic mass is 32.1. The average Bonchev–Trinajstić information content (AvgIpc) is 3.20. The molecule has 3 aromatic rings. The van der Waals surface area contributed by atoms with E-state index in [-0.39, 0.29) is 12.5 Å². The van der Waals surface area contributed by atoms with Gasteiger partial charge in [0.05, 0.1) is 4.88 Å². The number of likely N-dealkylation sites (N-methyl/N-ethyl adjacent to an activating group) is 1. The number of carbonyl (C=O) groups is 1. The van der Waals surface area contributed by atoms with Gasteiger partial charge >= 0.3 is 0 Å². The molecule has 8 heteroatoms. The fourth-order valence-electron chi connectivity index (χ4n) is 1.80. The molecule has 0 saturated heterocycles. The van der Waals surface area contributed by atoms with E-state index in [4.69, 9.17) is 0 Å². The van der Waals surface area contributed by atoms with Gasteiger partial charge in [0.15, 0.2) is 0 Å². The van der Waals surface area contributed by atoms with E-state index < -0.39 is 0 Å². The smallest absolute Gasteiger partial charge is 0.246 e. The minimum Gasteiger partial charge on any atom is -0.340 e. The van der Waals surface area contributed by atoms with Crippen molar-refractivity contribution in [3.8, 4) is 10.7 Å². The van der Waals surface area contributed by atoms with E-state index in [0.29, 0.717) is 12.4 Å². The SMILES string of the molecule is CN(Cc1ccsc1)C(=O)Cn1nnc(-c2cccs2)n1. The van der Waals surface area contributed by atoms with Crippen LogP contribution in [0.5, 0.6) is 0 Å². The molecule has 0 unspecified atom stereocenters. The minimum atomic E-state index is -0.0451. The van der Waals surface area contributed by atoms with Crippen LogP contribution in [0.1, 0.15) is 5.56 Å². The molecule has 3 heterocycles. The normalized spacial score (nSPS) is 10.7. The molecule has 0 bridgehead atoms. The fourth-order valence-corrected chi connectivity index (χ4v) is 3.11. The van der Waals surface area contributed by atoms with Crippen LogP contribution >= 0.6 is 22.7 Å². The summed E-state index contributed by atoms with van der Waals surface area (Å²) in [5.74, 6) is 0.509. The molecule has 6 nitrogen and oxygen atoms in total. The Morgan fingerprint density at radius 2 is 2.29 bits per heavy atom. The van der Waals surface area contributed by atoms with Crippen LogP contribution in [-0.4, -0.2) is 38.1 Å². The molecule has 0 aliphatic heterocycles. The van der Waals surface area contributed by atoms with Crippen LogP contribution in [0.3, 0.4) is 0 Å². The number of nitrogens with zero attached hydrogens (tertiary/aromatic N) is 5. The van der Waals surface area contributed by atoms with Crippen LogP contribution in [0.2, 0.25) is 0 Å². The summed E-state index contributed by atoms with van der Waals surface area (Å²) < 4.78 is 0. The first-order valence-electron chi connectivity index (χ1n) is 6.29. The standard InChI is InChI=1S/C13H13N5OS2/c1-17(7-10-4-6-20-9-10)12(19)8-18-15-13(14-16-18)11-3-2-5-21-11/h2-6,9H,7-8H2,1H3. The molecule has 108 valence electrons. The molecule has 0 aromatic carbocycles. The molecule has 21 heavy (non-hydrogen) atoms. The van der Waals surface area contributed by atoms with Gasteiger partial charge in [-0.05, 0) is 39.0 Å². The zero-order chi connectivity index (χ0) is 14.7. The van der Waals surface area contributed by atoms with E-state index in [9.17, 15) is 4.79 Å². The van der Waals surface area contributed by atoms with Crippen molar-refractivity contribution < 1.29 is 4.79 Å². The summed E-state index contributed by atoms with van der Waals surface area (Å²) in [7, 11) is 1.77. The summed E-state index contributed by atoms with van der Waals surface area (Å²) in [5.41, 5.74) is 1.13. The van der Waals surface area contributed by atoms with Crippen molar-refractivity contribution in [3.05, 3.63) is 39.9 Å². The average molecular weight is 319 g/mol. The van der Waals surface area contributed by atoms with Crippen molar-refractivity contribution in [2.24, 2.45) is 0 Å². The van der Waals surface area contributed by atoms with Crippen molar-refractivity contribution in [1.29, 1.82) is 0 Å². The third-order valence-corrected chi connectivity index (χ3v) is 4.49. The second-order valence-electron chi connectivity index (χ2n) is 4.50. The number of thiophene rings is 2. The van der Waals surface area contributed by atoms with Gasteiger partial charge in [-0.15, -0.1) is 21.5 Å². The number of hydrogen-bond donors (Lipinski definition) is 0. The Labute approximate surface area is 129 Å². The van der Waals surface area contributed by atoms with Crippen LogP contribution in [0.4, 0.5) is 0 Å². The zero-order valence-electron chi connectivity index (χ0n) is 11.3. The van der Waals surface area contributed by atoms with E-state index in [1.165, 1.54) is 4.80 Å². The molecule has 1 amide bonds. The highest BCUT2D eigenvalue weighted by Gasteiger charge is 2.13. The van der Waals surface area contributed by atoms with Crippen LogP contribution in [0, 0.1) is 0 Å². The predicted molar refractivity (Wildman–Crippen MR) is 81.9 cm³/mol. The molecule has 0 aliphatic rings. The molecule has 0 aliphatic carbocycles. The fraction of sp³-hybridized carbons (Fsp3) is 0.231. The van der Waals surface area contributed by atoms with E-state index in [2.05, 4.69) is 15.4 Å². The van der Waals surface area contributed by atoms with Crippen LogP contribution in [-0.2, 0) is 17.9 Å². The second-order valence-corrected chi connectivity index (χ2v) is 6.23. The Morgan fingerprint density at radius 3 is 3.00 bits per heavy atom. The third-order valence-electron chi connectivity index (χ3n) is 2.90. The summed E-state index contributed by atoms with van der Waals surface area (Å²) in [4.78, 5) is 16.1. The lowest BCUT2D eigenvalue weighted by molar-refractivity contribution is -0.131. The van der Waals surface area contributed by atoms with E-state index >= 15 is 0 Å². The Morgan fingerprint density at radius 1 is 1.38 bits per heavy atom. The second kappa shape index (κ2) is 6.15. The first-order valence-corrected chi connectivity index (χ1v) is 8.11. The number of rotatable bonds is 5. The number of amides is 1. The van der Waals surface area contributed by atoms with Gasteiger partial charge in [0.1, 0.15) is 6.54 Å². The monoisotopic (exact) mass is 319 g/mol. The maximum absolute atomic E-state index is 12.1. The third kappa shape index (κ3) is 3.34. The zero-order valence-corrected chi connectivity index (χ0v) is 13.0. The van der Waals surface area contributed by atoms with Gasteiger partial charge in [-0.1, -0.05) is 6.07 Å². The van der Waals surface area contributed by atoms with Crippen LogP contribution in [0.25, 0.3) is 10.7 Å². The van der Waals surface area contributed by atoms with Crippen molar-refractivity contribution in [2.45, 2.75) is 13.1 Å². The summed E-state index contributed by atoms with van der Waals surface area (Å²) in [6, 6.07) is 5.87. The molecular weight excluding hydrogens is 306 g/mol. The highest BCUT2D eigenvalue weighted by Crippen LogP contribution is 2.19. The molecule has 0 spiro atoms. The summed E-state index contributed by atoms with van der Waals surface area (Å²) in [5, 5.41) is 18.1. The summed E-state index contributed by atoms with van der Waals surface area (Å²) in [6.45, 7) is 0.688. The molecule has 0 fully saturated rings. The van der Waals surface area contributed by atoms with Crippen LogP contribution < -0.4 is 0 Å². The van der Waals surface area contributed by atoms with Gasteiger partial charge < -0.3 is 4.90 Å². The van der Waals surface area contributed by atoms with Gasteiger partial charge in [0, 0.05) is 13.6 Å². The summed E-state index contributed by atoms with van der Waals surface area (Å²) in [6.07, 6.45) is 0. The lowest BCUT2D eigenvalue weighted by Gasteiger charge is -2.15. The van der Waals surface area contributed by atoms with Gasteiger partial charge in [0.2, 0.25) is 11.7 Å². The Balaban J connectivity index is 1.62. The molecule has 0 atom stereocenters. The summed E-state index contributed by atoms with van der Waals surface area (Å²) >= 11 is 3.17. The predicted octanol–water partition coefficient (Wildman–Crippen LogP) is 2.12. The Bertz CT molecular complexity index is 705. The maximum atomic E-state index is 12.1. The topological polar surface area (TPSA) is 63.9 Å². The molecule has 0 saturated carbocycles. The number of carbonyl (C=O) groups excluding carboxylic acids is 1. The largest absolute Gasteiger partial charge is 0.340 e. The van der Waals surface area contributed by atoms with E-state index in [1.807, 2.05) is 34.3 Å². The number of tetrazole rings is 1. The Kier molecular flexibility index (Phi) is 4.07. The van der Waals surface area contributed by atoms with Crippen molar-refractivity contribution in [2.75, 3.05) is 7.05 Å². The first-order chi connectivity index (χ1) is 10.2. The quantitative estimate of drug-likeness (QED) is 0.722. The maximum Gasteiger partial charge on any atom is 0.246 e. The molecular formula is C13H13N5OS2. The van der Waals surface area contributed by atoms with Gasteiger partial charge in [-0.25, -0.2) is 0 Å². The van der Waals surface area contributed by atoms with E-state index in [0.717, 1.165) is 10.4 Å². The molecule has 3 rings (SSSR count). The van der Waals surface area contributed by atoms with E-state index in [1.54, 1.807) is 34.6 Å². The highest BCUT2D eigenvalue weighted by molar-refractivity contribution is 7.13. The van der Waals surface area contributed by atoms with Crippen molar-refractivity contribution in [1.82, 2.24) is 25.1 Å². The number of aromatic nitrogens is 4. The van der Waals surface area contributed by atoms with Crippen LogP contribution in [0.15, 0.2) is 34.3 Å². The van der Waals surface area contributed by atoms with Crippen molar-refractivity contribution in [3.63, 3.8) is 0 Å². The molecule has 3 aromatic heterocycles. The molecule has 0 radical (unpaired) electrons.